The van der Waals surface area contributed by atoms with Crippen molar-refractivity contribution in [3.63, 3.8) is 0 Å². The minimum atomic E-state index is -1.37. The summed E-state index contributed by atoms with van der Waals surface area (Å²) in [5.74, 6) is -1.34. The molecule has 4 amide bonds. The molecule has 7 heteroatoms. The van der Waals surface area contributed by atoms with Gasteiger partial charge in [-0.3, -0.25) is 14.5 Å². The van der Waals surface area contributed by atoms with Gasteiger partial charge >= 0.3 is 6.03 Å². The lowest BCUT2D eigenvalue weighted by Gasteiger charge is -2.26. The van der Waals surface area contributed by atoms with E-state index in [-0.39, 0.29) is 12.5 Å². The van der Waals surface area contributed by atoms with Gasteiger partial charge in [-0.2, -0.15) is 0 Å². The first-order chi connectivity index (χ1) is 15.9. The zero-order chi connectivity index (χ0) is 23.4. The van der Waals surface area contributed by atoms with Crippen molar-refractivity contribution in [3.05, 3.63) is 107 Å². The van der Waals surface area contributed by atoms with E-state index in [1.807, 2.05) is 60.7 Å². The van der Waals surface area contributed by atoms with Crippen LogP contribution in [0.3, 0.4) is 0 Å². The summed E-state index contributed by atoms with van der Waals surface area (Å²) < 4.78 is 13.3. The van der Waals surface area contributed by atoms with Crippen molar-refractivity contribution in [3.8, 4) is 0 Å². The van der Waals surface area contributed by atoms with Crippen LogP contribution in [-0.4, -0.2) is 34.2 Å². The number of nitrogens with zero attached hydrogens (tertiary/aromatic N) is 2. The molecular formula is C26H24FN3O3. The number of hydrogen-bond donors (Lipinski definition) is 1. The molecule has 33 heavy (non-hydrogen) atoms. The molecule has 0 saturated carbocycles. The number of imide groups is 1. The molecule has 0 aliphatic carbocycles. The maximum atomic E-state index is 13.3. The highest BCUT2D eigenvalue weighted by molar-refractivity contribution is 6.09. The van der Waals surface area contributed by atoms with Crippen molar-refractivity contribution >= 4 is 17.8 Å². The number of benzene rings is 3. The highest BCUT2D eigenvalue weighted by Gasteiger charge is 2.49. The largest absolute Gasteiger partial charge is 0.332 e. The lowest BCUT2D eigenvalue weighted by molar-refractivity contribution is -0.139. The molecule has 1 heterocycles. The van der Waals surface area contributed by atoms with Gasteiger partial charge in [0, 0.05) is 13.1 Å². The van der Waals surface area contributed by atoms with Crippen LogP contribution < -0.4 is 5.32 Å². The Bertz CT molecular complexity index is 1110. The highest BCUT2D eigenvalue weighted by Crippen LogP contribution is 2.29. The molecule has 1 unspecified atom stereocenters. The second-order valence-electron chi connectivity index (χ2n) is 8.17. The van der Waals surface area contributed by atoms with Gasteiger partial charge in [-0.05, 0) is 35.7 Å². The fourth-order valence-corrected chi connectivity index (χ4v) is 3.89. The van der Waals surface area contributed by atoms with Gasteiger partial charge in [0.2, 0.25) is 5.91 Å². The van der Waals surface area contributed by atoms with Gasteiger partial charge < -0.3 is 10.2 Å². The van der Waals surface area contributed by atoms with E-state index in [0.717, 1.165) is 16.0 Å². The summed E-state index contributed by atoms with van der Waals surface area (Å²) in [5, 5.41) is 2.65. The monoisotopic (exact) mass is 445 g/mol. The Morgan fingerprint density at radius 2 is 1.39 bits per heavy atom. The smallest absolute Gasteiger partial charge is 0.325 e. The maximum Gasteiger partial charge on any atom is 0.325 e. The molecule has 1 fully saturated rings. The zero-order valence-corrected chi connectivity index (χ0v) is 18.2. The van der Waals surface area contributed by atoms with E-state index in [2.05, 4.69) is 5.32 Å². The van der Waals surface area contributed by atoms with E-state index in [1.165, 1.54) is 24.3 Å². The topological polar surface area (TPSA) is 69.7 Å². The van der Waals surface area contributed by atoms with Crippen LogP contribution in [0.25, 0.3) is 0 Å². The Labute approximate surface area is 191 Å². The number of hydrogen-bond acceptors (Lipinski definition) is 3. The van der Waals surface area contributed by atoms with E-state index < -0.39 is 23.3 Å². The summed E-state index contributed by atoms with van der Waals surface area (Å²) >= 11 is 0. The van der Waals surface area contributed by atoms with E-state index in [9.17, 15) is 18.8 Å². The summed E-state index contributed by atoms with van der Waals surface area (Å²) in [6.45, 7) is 1.85. The molecule has 1 aliphatic heterocycles. The van der Waals surface area contributed by atoms with Gasteiger partial charge in [0.15, 0.2) is 0 Å². The summed E-state index contributed by atoms with van der Waals surface area (Å²) in [5.41, 5.74) is 0.960. The van der Waals surface area contributed by atoms with Gasteiger partial charge in [-0.25, -0.2) is 9.18 Å². The van der Waals surface area contributed by atoms with Gasteiger partial charge in [0.05, 0.1) is 0 Å². The predicted molar refractivity (Wildman–Crippen MR) is 121 cm³/mol. The number of carbonyl (C=O) groups excluding carboxylic acids is 3. The molecule has 1 saturated heterocycles. The fraction of sp³-hybridized carbons (Fsp3) is 0.192. The molecule has 3 aromatic carbocycles. The van der Waals surface area contributed by atoms with Gasteiger partial charge in [0.25, 0.3) is 5.91 Å². The van der Waals surface area contributed by atoms with Crippen LogP contribution in [-0.2, 0) is 28.2 Å². The molecule has 0 bridgehead atoms. The molecule has 3 aromatic rings. The second-order valence-corrected chi connectivity index (χ2v) is 8.17. The van der Waals surface area contributed by atoms with Crippen molar-refractivity contribution in [2.24, 2.45) is 0 Å². The molecule has 1 atom stereocenters. The number of carbonyl (C=O) groups is 3. The average molecular weight is 445 g/mol. The quantitative estimate of drug-likeness (QED) is 0.562. The van der Waals surface area contributed by atoms with E-state index >= 15 is 0 Å². The minimum Gasteiger partial charge on any atom is -0.332 e. The summed E-state index contributed by atoms with van der Waals surface area (Å²) in [7, 11) is 0. The first-order valence-electron chi connectivity index (χ1n) is 10.6. The second kappa shape index (κ2) is 9.24. The van der Waals surface area contributed by atoms with Gasteiger partial charge in [0.1, 0.15) is 17.9 Å². The van der Waals surface area contributed by atoms with E-state index in [4.69, 9.17) is 0 Å². The average Bonchev–Trinajstić information content (AvgIpc) is 3.04. The summed E-state index contributed by atoms with van der Waals surface area (Å²) in [4.78, 5) is 41.7. The molecular weight excluding hydrogens is 421 g/mol. The SMILES string of the molecule is CC1(c2ccc(F)cc2)NC(=O)N(CC(=O)N(Cc2ccccc2)Cc2ccccc2)C1=O. The molecule has 6 nitrogen and oxygen atoms in total. The summed E-state index contributed by atoms with van der Waals surface area (Å²) in [6, 6.07) is 23.8. The molecule has 1 aliphatic rings. The highest BCUT2D eigenvalue weighted by atomic mass is 19.1. The molecule has 0 aromatic heterocycles. The maximum absolute atomic E-state index is 13.3. The van der Waals surface area contributed by atoms with Gasteiger partial charge in [-0.15, -0.1) is 0 Å². The number of amides is 4. The fourth-order valence-electron chi connectivity index (χ4n) is 3.89. The Morgan fingerprint density at radius 3 is 1.91 bits per heavy atom. The van der Waals surface area contributed by atoms with Crippen LogP contribution in [0.2, 0.25) is 0 Å². The van der Waals surface area contributed by atoms with Crippen molar-refractivity contribution < 1.29 is 18.8 Å². The Morgan fingerprint density at radius 1 is 0.879 bits per heavy atom. The van der Waals surface area contributed by atoms with Crippen LogP contribution in [0.1, 0.15) is 23.6 Å². The third-order valence-electron chi connectivity index (χ3n) is 5.78. The van der Waals surface area contributed by atoms with Crippen LogP contribution in [0.4, 0.5) is 9.18 Å². The van der Waals surface area contributed by atoms with Crippen molar-refractivity contribution in [2.45, 2.75) is 25.6 Å². The molecule has 0 radical (unpaired) electrons. The van der Waals surface area contributed by atoms with Crippen molar-refractivity contribution in [1.82, 2.24) is 15.1 Å². The van der Waals surface area contributed by atoms with Crippen molar-refractivity contribution in [1.29, 1.82) is 0 Å². The predicted octanol–water partition coefficient (Wildman–Crippen LogP) is 3.82. The Kier molecular flexibility index (Phi) is 6.22. The molecule has 168 valence electrons. The first-order valence-corrected chi connectivity index (χ1v) is 10.6. The van der Waals surface area contributed by atoms with Crippen LogP contribution >= 0.6 is 0 Å². The zero-order valence-electron chi connectivity index (χ0n) is 18.2. The third-order valence-corrected chi connectivity index (χ3v) is 5.78. The number of halogens is 1. The van der Waals surface area contributed by atoms with Crippen molar-refractivity contribution in [2.75, 3.05) is 6.54 Å². The summed E-state index contributed by atoms with van der Waals surface area (Å²) in [6.07, 6.45) is 0. The Hall–Kier alpha value is -4.00. The minimum absolute atomic E-state index is 0.341. The lowest BCUT2D eigenvalue weighted by Crippen LogP contribution is -2.44. The lowest BCUT2D eigenvalue weighted by atomic mass is 9.92. The van der Waals surface area contributed by atoms with Gasteiger partial charge in [-0.1, -0.05) is 72.8 Å². The molecule has 0 spiro atoms. The molecule has 4 rings (SSSR count). The Balaban J connectivity index is 1.54. The van der Waals surface area contributed by atoms with E-state index in [0.29, 0.717) is 18.7 Å². The van der Waals surface area contributed by atoms with Crippen LogP contribution in [0.15, 0.2) is 84.9 Å². The first kappa shape index (κ1) is 22.2. The standard InChI is InChI=1S/C26H24FN3O3/c1-26(21-12-14-22(27)15-13-21)24(32)30(25(33)28-26)18-23(31)29(16-19-8-4-2-5-9-19)17-20-10-6-3-7-11-20/h2-15H,16-18H2,1H3,(H,28,33). The number of nitrogens with one attached hydrogen (secondary N) is 1. The number of urea groups is 1. The molecule has 1 N–H and O–H groups in total. The van der Waals surface area contributed by atoms with Crippen LogP contribution in [0.5, 0.6) is 0 Å². The normalized spacial score (nSPS) is 17.7. The van der Waals surface area contributed by atoms with E-state index in [1.54, 1.807) is 11.8 Å². The third kappa shape index (κ3) is 4.77. The number of rotatable bonds is 7. The van der Waals surface area contributed by atoms with Crippen LogP contribution in [0, 0.1) is 5.82 Å².